The van der Waals surface area contributed by atoms with Gasteiger partial charge < -0.3 is 25.8 Å². The van der Waals surface area contributed by atoms with Gasteiger partial charge in [-0.3, -0.25) is 19.3 Å². The van der Waals surface area contributed by atoms with Crippen LogP contribution < -0.4 is 16.0 Å². The maximum atomic E-state index is 13.8. The fraction of sp³-hybridized carbons (Fsp3) is 0.312. The summed E-state index contributed by atoms with van der Waals surface area (Å²) >= 11 is 0. The molecule has 3 aliphatic rings. The molecule has 42 heavy (non-hydrogen) atoms. The molecule has 10 nitrogen and oxygen atoms in total. The van der Waals surface area contributed by atoms with Crippen LogP contribution in [0.5, 0.6) is 0 Å². The largest absolute Gasteiger partial charge is 0.481 e. The number of carbonyl (C=O) groups is 4. The summed E-state index contributed by atoms with van der Waals surface area (Å²) in [7, 11) is 0. The molecule has 3 aromatic carbocycles. The van der Waals surface area contributed by atoms with E-state index in [9.17, 15) is 24.3 Å². The normalized spacial score (nSPS) is 23.1. The van der Waals surface area contributed by atoms with E-state index in [1.54, 1.807) is 0 Å². The highest BCUT2D eigenvalue weighted by Gasteiger charge is 2.50. The number of aliphatic carboxylic acids is 1. The molecule has 3 atom stereocenters. The molecule has 2 aliphatic heterocycles. The van der Waals surface area contributed by atoms with Crippen molar-refractivity contribution in [2.75, 3.05) is 26.2 Å². The number of carboxylic acids is 1. The Morgan fingerprint density at radius 3 is 2.26 bits per heavy atom. The Bertz CT molecular complexity index is 1480. The smallest absolute Gasteiger partial charge is 0.408 e. The summed E-state index contributed by atoms with van der Waals surface area (Å²) in [5.41, 5.74) is 3.99. The molecule has 3 aromatic rings. The molecular formula is C32H32N4O6. The van der Waals surface area contributed by atoms with E-state index in [-0.39, 0.29) is 32.0 Å². The van der Waals surface area contributed by atoms with Gasteiger partial charge in [-0.15, -0.1) is 0 Å². The average molecular weight is 569 g/mol. The number of amides is 3. The van der Waals surface area contributed by atoms with Crippen LogP contribution in [-0.2, 0) is 25.7 Å². The Morgan fingerprint density at radius 2 is 1.60 bits per heavy atom. The van der Waals surface area contributed by atoms with Crippen LogP contribution in [0, 0.1) is 5.92 Å². The minimum absolute atomic E-state index is 0.0773. The predicted molar refractivity (Wildman–Crippen MR) is 153 cm³/mol. The van der Waals surface area contributed by atoms with Gasteiger partial charge in [0.15, 0.2) is 0 Å². The highest BCUT2D eigenvalue weighted by atomic mass is 16.5. The van der Waals surface area contributed by atoms with Gasteiger partial charge in [0.05, 0.1) is 0 Å². The molecular weight excluding hydrogens is 536 g/mol. The van der Waals surface area contributed by atoms with Crippen LogP contribution in [0.3, 0.4) is 0 Å². The van der Waals surface area contributed by atoms with Crippen molar-refractivity contribution in [1.82, 2.24) is 20.9 Å². The number of hydrogen-bond donors (Lipinski definition) is 4. The fourth-order valence-corrected chi connectivity index (χ4v) is 6.34. The Labute approximate surface area is 243 Å². The van der Waals surface area contributed by atoms with Gasteiger partial charge in [-0.25, -0.2) is 4.79 Å². The van der Waals surface area contributed by atoms with Gasteiger partial charge in [0, 0.05) is 32.1 Å². The van der Waals surface area contributed by atoms with Crippen molar-refractivity contribution in [2.45, 2.75) is 30.5 Å². The van der Waals surface area contributed by atoms with Gasteiger partial charge >= 0.3 is 12.1 Å². The third kappa shape index (κ3) is 5.21. The molecule has 1 aliphatic carbocycles. The van der Waals surface area contributed by atoms with Gasteiger partial charge in [0.2, 0.25) is 11.8 Å². The standard InChI is InChI=1S/C32H32N4O6/c37-28-27(25(16-33-28)29(38)39)34-30(40)32(14-15-36(19-32)17-20-8-2-1-3-9-20)35-31(41)42-18-26-23-12-6-4-10-21(23)22-11-5-7-13-24(22)26/h1-13,25-27H,14-19H2,(H,33,37)(H,34,40)(H,35,41)(H,38,39). The number of hydrogen-bond acceptors (Lipinski definition) is 6. The lowest BCUT2D eigenvalue weighted by atomic mass is 9.95. The van der Waals surface area contributed by atoms with Crippen LogP contribution >= 0.6 is 0 Å². The van der Waals surface area contributed by atoms with E-state index >= 15 is 0 Å². The number of ether oxygens (including phenoxy) is 1. The zero-order valence-corrected chi connectivity index (χ0v) is 22.9. The molecule has 0 saturated carbocycles. The minimum Gasteiger partial charge on any atom is -0.481 e. The van der Waals surface area contributed by atoms with Crippen LogP contribution in [0.15, 0.2) is 78.9 Å². The summed E-state index contributed by atoms with van der Waals surface area (Å²) in [6.07, 6.45) is -0.485. The van der Waals surface area contributed by atoms with E-state index in [4.69, 9.17) is 4.74 Å². The number of benzene rings is 3. The van der Waals surface area contributed by atoms with Gasteiger partial charge in [0.25, 0.3) is 0 Å². The van der Waals surface area contributed by atoms with E-state index in [1.807, 2.05) is 71.6 Å². The molecule has 0 aromatic heterocycles. The van der Waals surface area contributed by atoms with Crippen LogP contribution in [-0.4, -0.2) is 71.7 Å². The summed E-state index contributed by atoms with van der Waals surface area (Å²) in [6, 6.07) is 24.6. The maximum absolute atomic E-state index is 13.8. The minimum atomic E-state index is -1.41. The number of fused-ring (bicyclic) bond motifs is 3. The summed E-state index contributed by atoms with van der Waals surface area (Å²) in [5, 5.41) is 17.5. The highest BCUT2D eigenvalue weighted by molar-refractivity contribution is 5.98. The lowest BCUT2D eigenvalue weighted by Gasteiger charge is -2.31. The number of nitrogens with zero attached hydrogens (tertiary/aromatic N) is 1. The molecule has 216 valence electrons. The average Bonchev–Trinajstić information content (AvgIpc) is 3.67. The molecule has 0 bridgehead atoms. The monoisotopic (exact) mass is 568 g/mol. The summed E-state index contributed by atoms with van der Waals surface area (Å²) in [5.74, 6) is -3.61. The van der Waals surface area contributed by atoms with Crippen LogP contribution in [0.1, 0.15) is 29.0 Å². The Morgan fingerprint density at radius 1 is 0.952 bits per heavy atom. The number of nitrogens with one attached hydrogen (secondary N) is 3. The first-order valence-electron chi connectivity index (χ1n) is 14.1. The third-order valence-corrected chi connectivity index (χ3v) is 8.50. The van der Waals surface area contributed by atoms with E-state index < -0.39 is 41.4 Å². The molecule has 3 unspecified atom stereocenters. The van der Waals surface area contributed by atoms with Gasteiger partial charge in [0.1, 0.15) is 24.1 Å². The summed E-state index contributed by atoms with van der Waals surface area (Å²) in [4.78, 5) is 53.3. The van der Waals surface area contributed by atoms with Crippen LogP contribution in [0.4, 0.5) is 4.79 Å². The Kier molecular flexibility index (Phi) is 7.38. The Hall–Kier alpha value is -4.70. The van der Waals surface area contributed by atoms with E-state index in [1.165, 1.54) is 0 Å². The van der Waals surface area contributed by atoms with Crippen molar-refractivity contribution in [2.24, 2.45) is 5.92 Å². The first kappa shape index (κ1) is 27.5. The molecule has 6 rings (SSSR count). The Balaban J connectivity index is 1.19. The fourth-order valence-electron chi connectivity index (χ4n) is 6.34. The van der Waals surface area contributed by atoms with E-state index in [0.717, 1.165) is 27.8 Å². The number of carbonyl (C=O) groups excluding carboxylic acids is 3. The molecule has 0 spiro atoms. The highest BCUT2D eigenvalue weighted by Crippen LogP contribution is 2.44. The predicted octanol–water partition coefficient (Wildman–Crippen LogP) is 2.49. The zero-order chi connectivity index (χ0) is 29.3. The molecule has 3 amide bonds. The lowest BCUT2D eigenvalue weighted by molar-refractivity contribution is -0.143. The topological polar surface area (TPSA) is 137 Å². The molecule has 10 heteroatoms. The van der Waals surface area contributed by atoms with E-state index in [2.05, 4.69) is 28.1 Å². The number of carboxylic acid groups (broad SMARTS) is 1. The van der Waals surface area contributed by atoms with Crippen molar-refractivity contribution < 1.29 is 29.0 Å². The number of alkyl carbamates (subject to hydrolysis) is 1. The van der Waals surface area contributed by atoms with Gasteiger partial charge in [-0.1, -0.05) is 78.9 Å². The molecule has 0 radical (unpaired) electrons. The lowest BCUT2D eigenvalue weighted by Crippen LogP contribution is -2.63. The SMILES string of the molecule is O=C(NC1(C(=O)NC2C(=O)NCC2C(=O)O)CCN(Cc2ccccc2)C1)OCC1c2ccccc2-c2ccccc21. The maximum Gasteiger partial charge on any atom is 0.408 e. The molecule has 2 fully saturated rings. The molecule has 4 N–H and O–H groups in total. The number of likely N-dealkylation sites (tertiary alicyclic amines) is 1. The summed E-state index contributed by atoms with van der Waals surface area (Å²) < 4.78 is 5.76. The van der Waals surface area contributed by atoms with Gasteiger partial charge in [-0.05, 0) is 34.2 Å². The summed E-state index contributed by atoms with van der Waals surface area (Å²) in [6.45, 7) is 1.24. The first-order chi connectivity index (χ1) is 20.3. The van der Waals surface area contributed by atoms with Crippen LogP contribution in [0.2, 0.25) is 0 Å². The van der Waals surface area contributed by atoms with Crippen LogP contribution in [0.25, 0.3) is 11.1 Å². The first-order valence-corrected chi connectivity index (χ1v) is 14.1. The van der Waals surface area contributed by atoms with E-state index in [0.29, 0.717) is 13.1 Å². The second kappa shape index (κ2) is 11.3. The van der Waals surface area contributed by atoms with Crippen molar-refractivity contribution in [3.05, 3.63) is 95.6 Å². The van der Waals surface area contributed by atoms with Gasteiger partial charge in [-0.2, -0.15) is 0 Å². The second-order valence-electron chi connectivity index (χ2n) is 11.1. The molecule has 2 heterocycles. The van der Waals surface area contributed by atoms with Crippen molar-refractivity contribution in [1.29, 1.82) is 0 Å². The zero-order valence-electron chi connectivity index (χ0n) is 22.9. The second-order valence-corrected chi connectivity index (χ2v) is 11.1. The van der Waals surface area contributed by atoms with Crippen molar-refractivity contribution >= 4 is 23.9 Å². The quantitative estimate of drug-likeness (QED) is 0.328. The number of rotatable bonds is 8. The molecule has 2 saturated heterocycles. The van der Waals surface area contributed by atoms with Crippen molar-refractivity contribution in [3.63, 3.8) is 0 Å². The third-order valence-electron chi connectivity index (χ3n) is 8.50. The van der Waals surface area contributed by atoms with Crippen molar-refractivity contribution in [3.8, 4) is 11.1 Å².